The van der Waals surface area contributed by atoms with E-state index in [0.29, 0.717) is 36.2 Å². The minimum Gasteiger partial charge on any atom is -0.361 e. The van der Waals surface area contributed by atoms with Gasteiger partial charge in [0.15, 0.2) is 0 Å². The van der Waals surface area contributed by atoms with Crippen molar-refractivity contribution < 1.29 is 13.2 Å². The quantitative estimate of drug-likeness (QED) is 0.553. The van der Waals surface area contributed by atoms with Crippen molar-refractivity contribution in [2.24, 2.45) is 0 Å². The highest BCUT2D eigenvalue weighted by atomic mass is 32.2. The predicted molar refractivity (Wildman–Crippen MR) is 117 cm³/mol. The number of rotatable bonds is 7. The maximum absolute atomic E-state index is 13.3. The van der Waals surface area contributed by atoms with Crippen LogP contribution in [0.2, 0.25) is 0 Å². The van der Waals surface area contributed by atoms with Crippen LogP contribution in [0, 0.1) is 11.3 Å². The minimum atomic E-state index is -3.96. The average Bonchev–Trinajstić information content (AvgIpc) is 3.45. The third kappa shape index (κ3) is 4.40. The first-order valence-corrected chi connectivity index (χ1v) is 11.6. The third-order valence-electron chi connectivity index (χ3n) is 5.41. The summed E-state index contributed by atoms with van der Waals surface area (Å²) in [6, 6.07) is 11.3. The van der Waals surface area contributed by atoms with Gasteiger partial charge in [-0.15, -0.1) is 0 Å². The largest absolute Gasteiger partial charge is 0.361 e. The Morgan fingerprint density at radius 2 is 2.10 bits per heavy atom. The number of aromatic amines is 1. The third-order valence-corrected chi connectivity index (χ3v) is 6.94. The molecular formula is C22H23N5O3S. The number of carbonyl (C=O) groups is 1. The van der Waals surface area contributed by atoms with E-state index in [2.05, 4.69) is 15.8 Å². The Balaban J connectivity index is 1.61. The van der Waals surface area contributed by atoms with E-state index >= 15 is 0 Å². The number of nitrogens with zero attached hydrogens (tertiary/aromatic N) is 3. The van der Waals surface area contributed by atoms with Gasteiger partial charge in [-0.05, 0) is 43.2 Å². The van der Waals surface area contributed by atoms with Gasteiger partial charge < -0.3 is 14.5 Å². The molecule has 2 N–H and O–H groups in total. The smallest absolute Gasteiger partial charge is 0.241 e. The van der Waals surface area contributed by atoms with Gasteiger partial charge in [0.2, 0.25) is 15.9 Å². The van der Waals surface area contributed by atoms with Crippen LogP contribution in [0.5, 0.6) is 0 Å². The van der Waals surface area contributed by atoms with Crippen molar-refractivity contribution in [1.29, 1.82) is 5.26 Å². The van der Waals surface area contributed by atoms with Crippen LogP contribution in [0.25, 0.3) is 10.9 Å². The van der Waals surface area contributed by atoms with Gasteiger partial charge in [0.1, 0.15) is 17.8 Å². The lowest BCUT2D eigenvalue weighted by Gasteiger charge is -2.28. The summed E-state index contributed by atoms with van der Waals surface area (Å²) in [5, 5.41) is 9.80. The van der Waals surface area contributed by atoms with E-state index in [1.54, 1.807) is 52.2 Å². The normalized spacial score (nSPS) is 15.1. The fourth-order valence-corrected chi connectivity index (χ4v) is 5.26. The summed E-state index contributed by atoms with van der Waals surface area (Å²) in [6.45, 7) is 1.35. The number of carbonyl (C=O) groups excluding carboxylic acids is 1. The van der Waals surface area contributed by atoms with E-state index < -0.39 is 16.1 Å². The second kappa shape index (κ2) is 8.79. The van der Waals surface area contributed by atoms with Gasteiger partial charge in [0, 0.05) is 42.9 Å². The summed E-state index contributed by atoms with van der Waals surface area (Å²) >= 11 is 0. The van der Waals surface area contributed by atoms with Crippen LogP contribution in [0.1, 0.15) is 18.5 Å². The zero-order valence-corrected chi connectivity index (χ0v) is 17.7. The molecule has 0 fully saturated rings. The second-order valence-electron chi connectivity index (χ2n) is 7.40. The highest BCUT2D eigenvalue weighted by molar-refractivity contribution is 7.89. The first-order valence-electron chi connectivity index (χ1n) is 10.1. The van der Waals surface area contributed by atoms with Crippen molar-refractivity contribution in [3.63, 3.8) is 0 Å². The Morgan fingerprint density at radius 3 is 2.87 bits per heavy atom. The molecule has 0 aliphatic carbocycles. The van der Waals surface area contributed by atoms with E-state index in [4.69, 9.17) is 0 Å². The average molecular weight is 438 g/mol. The SMILES string of the molecule is N#Cc1cccn1CCC(NS(=O)(=O)c1cccc2[nH]ccc12)C(=O)N1CC=CCC1. The molecular weight excluding hydrogens is 414 g/mol. The van der Waals surface area contributed by atoms with Gasteiger partial charge in [-0.2, -0.15) is 9.98 Å². The molecule has 1 aliphatic rings. The lowest BCUT2D eigenvalue weighted by molar-refractivity contribution is -0.132. The number of hydrogen-bond acceptors (Lipinski definition) is 4. The molecule has 3 aromatic rings. The van der Waals surface area contributed by atoms with Crippen LogP contribution < -0.4 is 4.72 Å². The standard InChI is InChI=1S/C22H23N5O3S/c23-16-17-6-5-14-26(17)15-10-20(22(28)27-12-2-1-3-13-27)25-31(29,30)21-8-4-7-19-18(21)9-11-24-19/h1-2,4-9,11,14,20,24-25H,3,10,12-13,15H2. The molecule has 0 saturated carbocycles. The molecule has 9 heteroatoms. The summed E-state index contributed by atoms with van der Waals surface area (Å²) in [7, 11) is -3.96. The van der Waals surface area contributed by atoms with Crippen molar-refractivity contribution in [2.45, 2.75) is 30.3 Å². The number of nitriles is 1. The number of sulfonamides is 1. The molecule has 1 atom stereocenters. The molecule has 1 aliphatic heterocycles. The number of nitrogens with one attached hydrogen (secondary N) is 2. The summed E-state index contributed by atoms with van der Waals surface area (Å²) in [5.41, 5.74) is 1.17. The predicted octanol–water partition coefficient (Wildman–Crippen LogP) is 2.37. The molecule has 2 aromatic heterocycles. The number of amides is 1. The maximum Gasteiger partial charge on any atom is 0.241 e. The number of aryl methyl sites for hydroxylation is 1. The first kappa shape index (κ1) is 20.9. The molecule has 160 valence electrons. The number of aromatic nitrogens is 2. The van der Waals surface area contributed by atoms with Crippen LogP contribution in [0.3, 0.4) is 0 Å². The zero-order chi connectivity index (χ0) is 21.8. The molecule has 1 unspecified atom stereocenters. The Hall–Kier alpha value is -3.35. The lowest BCUT2D eigenvalue weighted by atomic mass is 10.1. The van der Waals surface area contributed by atoms with Crippen LogP contribution in [0.15, 0.2) is 65.8 Å². The molecule has 4 rings (SSSR count). The lowest BCUT2D eigenvalue weighted by Crippen LogP contribution is -2.49. The molecule has 0 radical (unpaired) electrons. The van der Waals surface area contributed by atoms with Crippen molar-refractivity contribution in [2.75, 3.05) is 13.1 Å². The molecule has 0 bridgehead atoms. The topological polar surface area (TPSA) is 111 Å². The summed E-state index contributed by atoms with van der Waals surface area (Å²) in [4.78, 5) is 18.0. The zero-order valence-electron chi connectivity index (χ0n) is 16.9. The van der Waals surface area contributed by atoms with Crippen molar-refractivity contribution in [3.8, 4) is 6.07 Å². The van der Waals surface area contributed by atoms with Crippen molar-refractivity contribution in [1.82, 2.24) is 19.2 Å². The van der Waals surface area contributed by atoms with Gasteiger partial charge in [-0.25, -0.2) is 8.42 Å². The first-order chi connectivity index (χ1) is 15.0. The van der Waals surface area contributed by atoms with E-state index in [9.17, 15) is 18.5 Å². The molecule has 1 amide bonds. The maximum atomic E-state index is 13.3. The van der Waals surface area contributed by atoms with Gasteiger partial charge in [-0.1, -0.05) is 18.2 Å². The number of H-pyrrole nitrogens is 1. The summed E-state index contributed by atoms with van der Waals surface area (Å²) < 4.78 is 30.9. The fourth-order valence-electron chi connectivity index (χ4n) is 3.82. The second-order valence-corrected chi connectivity index (χ2v) is 9.08. The van der Waals surface area contributed by atoms with Crippen molar-refractivity contribution >= 4 is 26.8 Å². The number of benzene rings is 1. The summed E-state index contributed by atoms with van der Waals surface area (Å²) in [6.07, 6.45) is 8.32. The molecule has 3 heterocycles. The van der Waals surface area contributed by atoms with E-state index in [0.717, 1.165) is 6.42 Å². The van der Waals surface area contributed by atoms with Crippen LogP contribution in [0.4, 0.5) is 0 Å². The molecule has 8 nitrogen and oxygen atoms in total. The van der Waals surface area contributed by atoms with E-state index in [1.165, 1.54) is 6.07 Å². The monoisotopic (exact) mass is 437 g/mol. The molecule has 31 heavy (non-hydrogen) atoms. The van der Waals surface area contributed by atoms with E-state index in [1.807, 2.05) is 12.2 Å². The van der Waals surface area contributed by atoms with Crippen LogP contribution in [-0.2, 0) is 21.4 Å². The van der Waals surface area contributed by atoms with Gasteiger partial charge >= 0.3 is 0 Å². The number of fused-ring (bicyclic) bond motifs is 1. The van der Waals surface area contributed by atoms with Gasteiger partial charge in [0.05, 0.1) is 4.90 Å². The van der Waals surface area contributed by atoms with E-state index in [-0.39, 0.29) is 17.2 Å². The molecule has 0 spiro atoms. The Bertz CT molecular complexity index is 1270. The van der Waals surface area contributed by atoms with Crippen LogP contribution >= 0.6 is 0 Å². The highest BCUT2D eigenvalue weighted by Crippen LogP contribution is 2.23. The van der Waals surface area contributed by atoms with Gasteiger partial charge in [-0.3, -0.25) is 4.79 Å². The Morgan fingerprint density at radius 1 is 1.23 bits per heavy atom. The highest BCUT2D eigenvalue weighted by Gasteiger charge is 2.30. The molecule has 1 aromatic carbocycles. The van der Waals surface area contributed by atoms with Gasteiger partial charge in [0.25, 0.3) is 0 Å². The Labute approximate surface area is 180 Å². The van der Waals surface area contributed by atoms with Crippen LogP contribution in [-0.4, -0.2) is 47.9 Å². The minimum absolute atomic E-state index is 0.126. The molecule has 0 saturated heterocycles. The fraction of sp³-hybridized carbons (Fsp3) is 0.273. The summed E-state index contributed by atoms with van der Waals surface area (Å²) in [5.74, 6) is -0.264. The Kier molecular flexibility index (Phi) is 5.93. The number of hydrogen-bond donors (Lipinski definition) is 2. The van der Waals surface area contributed by atoms with Crippen molar-refractivity contribution in [3.05, 3.63) is 66.6 Å².